The Balaban J connectivity index is 1.71. The average Bonchev–Trinajstić information content (AvgIpc) is 2.58. The minimum Gasteiger partial charge on any atom is -0.457 e. The van der Waals surface area contributed by atoms with Crippen LogP contribution in [0.25, 0.3) is 0 Å². The molecule has 0 bridgehead atoms. The number of amides is 1. The van der Waals surface area contributed by atoms with Crippen LogP contribution in [0.4, 0.5) is 5.69 Å². The first-order valence-corrected chi connectivity index (χ1v) is 7.89. The number of carbonyl (C=O) groups excluding carboxylic acids is 1. The van der Waals surface area contributed by atoms with Gasteiger partial charge in [0.2, 0.25) is 0 Å². The van der Waals surface area contributed by atoms with Gasteiger partial charge in [0, 0.05) is 22.3 Å². The third kappa shape index (κ3) is 4.15. The summed E-state index contributed by atoms with van der Waals surface area (Å²) in [5.41, 5.74) is 2.38. The van der Waals surface area contributed by atoms with Crippen molar-refractivity contribution < 1.29 is 9.53 Å². The molecule has 0 aromatic heterocycles. The highest BCUT2D eigenvalue weighted by molar-refractivity contribution is 6.30. The molecule has 3 aromatic rings. The van der Waals surface area contributed by atoms with Crippen molar-refractivity contribution >= 4 is 23.2 Å². The van der Waals surface area contributed by atoms with E-state index in [-0.39, 0.29) is 5.91 Å². The second-order valence-corrected chi connectivity index (χ2v) is 5.84. The van der Waals surface area contributed by atoms with Gasteiger partial charge in [0.05, 0.1) is 0 Å². The van der Waals surface area contributed by atoms with Crippen LogP contribution in [0, 0.1) is 6.92 Å². The molecule has 0 aliphatic carbocycles. The highest BCUT2D eigenvalue weighted by Gasteiger charge is 2.07. The Kier molecular flexibility index (Phi) is 4.82. The molecule has 1 N–H and O–H groups in total. The lowest BCUT2D eigenvalue weighted by atomic mass is 10.2. The third-order valence-corrected chi connectivity index (χ3v) is 3.71. The highest BCUT2D eigenvalue weighted by Crippen LogP contribution is 2.24. The van der Waals surface area contributed by atoms with Crippen LogP contribution in [0.5, 0.6) is 11.5 Å². The van der Waals surface area contributed by atoms with Gasteiger partial charge < -0.3 is 10.1 Å². The number of ether oxygens (including phenoxy) is 1. The number of halogens is 1. The Morgan fingerprint density at radius 2 is 1.62 bits per heavy atom. The van der Waals surface area contributed by atoms with Crippen molar-refractivity contribution in [3.8, 4) is 11.5 Å². The first-order chi connectivity index (χ1) is 11.6. The maximum atomic E-state index is 12.2. The number of hydrogen-bond acceptors (Lipinski definition) is 2. The first-order valence-electron chi connectivity index (χ1n) is 7.52. The van der Waals surface area contributed by atoms with E-state index in [0.717, 1.165) is 5.75 Å². The van der Waals surface area contributed by atoms with E-state index in [1.165, 1.54) is 5.56 Å². The molecule has 0 saturated carbocycles. The number of aryl methyl sites for hydroxylation is 1. The summed E-state index contributed by atoms with van der Waals surface area (Å²) in [6.07, 6.45) is 0. The lowest BCUT2D eigenvalue weighted by Crippen LogP contribution is -2.11. The number of hydrogen-bond donors (Lipinski definition) is 1. The average molecular weight is 338 g/mol. The fourth-order valence-corrected chi connectivity index (χ4v) is 2.31. The van der Waals surface area contributed by atoms with Crippen molar-refractivity contribution in [3.63, 3.8) is 0 Å². The molecule has 0 saturated heterocycles. The lowest BCUT2D eigenvalue weighted by Gasteiger charge is -2.09. The van der Waals surface area contributed by atoms with E-state index in [0.29, 0.717) is 22.0 Å². The first kappa shape index (κ1) is 16.1. The molecule has 0 heterocycles. The Hall–Kier alpha value is -2.78. The van der Waals surface area contributed by atoms with Crippen LogP contribution in [0.2, 0.25) is 5.02 Å². The van der Waals surface area contributed by atoms with E-state index in [1.807, 2.05) is 49.4 Å². The van der Waals surface area contributed by atoms with Crippen molar-refractivity contribution in [2.75, 3.05) is 5.32 Å². The molecule has 0 unspecified atom stereocenters. The molecule has 0 radical (unpaired) electrons. The molecular weight excluding hydrogens is 322 g/mol. The molecule has 0 fully saturated rings. The van der Waals surface area contributed by atoms with Gasteiger partial charge >= 0.3 is 0 Å². The monoisotopic (exact) mass is 337 g/mol. The Bertz CT molecular complexity index is 842. The van der Waals surface area contributed by atoms with Gasteiger partial charge in [-0.15, -0.1) is 0 Å². The van der Waals surface area contributed by atoms with Crippen molar-refractivity contribution in [2.24, 2.45) is 0 Å². The number of carbonyl (C=O) groups is 1. The predicted octanol–water partition coefficient (Wildman–Crippen LogP) is 5.69. The second kappa shape index (κ2) is 7.20. The smallest absolute Gasteiger partial charge is 0.255 e. The highest BCUT2D eigenvalue weighted by atomic mass is 35.5. The molecule has 0 atom stereocenters. The number of benzene rings is 3. The van der Waals surface area contributed by atoms with Gasteiger partial charge in [0.25, 0.3) is 5.91 Å². The second-order valence-electron chi connectivity index (χ2n) is 5.40. The maximum Gasteiger partial charge on any atom is 0.255 e. The van der Waals surface area contributed by atoms with Crippen LogP contribution in [0.15, 0.2) is 72.8 Å². The SMILES string of the molecule is Cc1ccc(Oc2cccc(NC(=O)c3ccc(Cl)cc3)c2)cc1. The van der Waals surface area contributed by atoms with Gasteiger partial charge in [-0.25, -0.2) is 0 Å². The van der Waals surface area contributed by atoms with E-state index >= 15 is 0 Å². The number of rotatable bonds is 4. The normalized spacial score (nSPS) is 10.2. The molecule has 1 amide bonds. The summed E-state index contributed by atoms with van der Waals surface area (Å²) >= 11 is 5.84. The number of anilines is 1. The summed E-state index contributed by atoms with van der Waals surface area (Å²) in [4.78, 5) is 12.2. The zero-order chi connectivity index (χ0) is 16.9. The fraction of sp³-hybridized carbons (Fsp3) is 0.0500. The summed E-state index contributed by atoms with van der Waals surface area (Å²) < 4.78 is 5.81. The van der Waals surface area contributed by atoms with Gasteiger partial charge in [-0.3, -0.25) is 4.79 Å². The Morgan fingerprint density at radius 3 is 2.33 bits per heavy atom. The molecule has 3 aromatic carbocycles. The van der Waals surface area contributed by atoms with Crippen LogP contribution in [0.3, 0.4) is 0 Å². The summed E-state index contributed by atoms with van der Waals surface area (Å²) in [6.45, 7) is 2.02. The van der Waals surface area contributed by atoms with Gasteiger partial charge in [-0.1, -0.05) is 35.4 Å². The van der Waals surface area contributed by atoms with E-state index in [9.17, 15) is 4.79 Å². The standard InChI is InChI=1S/C20H16ClNO2/c1-14-5-11-18(12-6-14)24-19-4-2-3-17(13-19)22-20(23)15-7-9-16(21)10-8-15/h2-13H,1H3,(H,22,23). The molecule has 4 heteroatoms. The van der Waals surface area contributed by atoms with Crippen LogP contribution in [0.1, 0.15) is 15.9 Å². The fourth-order valence-electron chi connectivity index (χ4n) is 2.18. The van der Waals surface area contributed by atoms with Gasteiger partial charge in [-0.2, -0.15) is 0 Å². The molecule has 3 rings (SSSR count). The predicted molar refractivity (Wildman–Crippen MR) is 97.1 cm³/mol. The van der Waals surface area contributed by atoms with Gasteiger partial charge in [0.15, 0.2) is 0 Å². The van der Waals surface area contributed by atoms with Crippen LogP contribution in [-0.2, 0) is 0 Å². The van der Waals surface area contributed by atoms with Crippen molar-refractivity contribution in [2.45, 2.75) is 6.92 Å². The molecule has 0 aliphatic rings. The molecule has 0 spiro atoms. The minimum atomic E-state index is -0.195. The topological polar surface area (TPSA) is 38.3 Å². The summed E-state index contributed by atoms with van der Waals surface area (Å²) in [5, 5.41) is 3.45. The van der Waals surface area contributed by atoms with Gasteiger partial charge in [-0.05, 0) is 55.5 Å². The molecule has 24 heavy (non-hydrogen) atoms. The van der Waals surface area contributed by atoms with Crippen molar-refractivity contribution in [1.29, 1.82) is 0 Å². The Labute approximate surface area is 145 Å². The van der Waals surface area contributed by atoms with Crippen LogP contribution >= 0.6 is 11.6 Å². The van der Waals surface area contributed by atoms with E-state index in [2.05, 4.69) is 5.32 Å². The van der Waals surface area contributed by atoms with E-state index in [4.69, 9.17) is 16.3 Å². The van der Waals surface area contributed by atoms with Crippen molar-refractivity contribution in [3.05, 3.63) is 88.9 Å². The van der Waals surface area contributed by atoms with Crippen LogP contribution < -0.4 is 10.1 Å². The summed E-state index contributed by atoms with van der Waals surface area (Å²) in [5.74, 6) is 1.22. The third-order valence-electron chi connectivity index (χ3n) is 3.46. The zero-order valence-corrected chi connectivity index (χ0v) is 13.9. The minimum absolute atomic E-state index is 0.195. The summed E-state index contributed by atoms with van der Waals surface area (Å²) in [6, 6.07) is 21.8. The Morgan fingerprint density at radius 1 is 0.917 bits per heavy atom. The molecule has 120 valence electrons. The quantitative estimate of drug-likeness (QED) is 0.663. The van der Waals surface area contributed by atoms with Crippen molar-refractivity contribution in [1.82, 2.24) is 0 Å². The van der Waals surface area contributed by atoms with Gasteiger partial charge in [0.1, 0.15) is 11.5 Å². The van der Waals surface area contributed by atoms with E-state index in [1.54, 1.807) is 30.3 Å². The number of nitrogens with one attached hydrogen (secondary N) is 1. The maximum absolute atomic E-state index is 12.2. The molecule has 3 nitrogen and oxygen atoms in total. The lowest BCUT2D eigenvalue weighted by molar-refractivity contribution is 0.102. The molecular formula is C20H16ClNO2. The zero-order valence-electron chi connectivity index (χ0n) is 13.1. The van der Waals surface area contributed by atoms with Crippen LogP contribution in [-0.4, -0.2) is 5.91 Å². The molecule has 0 aliphatic heterocycles. The largest absolute Gasteiger partial charge is 0.457 e. The van der Waals surface area contributed by atoms with E-state index < -0.39 is 0 Å². The summed E-state index contributed by atoms with van der Waals surface area (Å²) in [7, 11) is 0.